The predicted molar refractivity (Wildman–Crippen MR) is 129 cm³/mol. The molecule has 0 N–H and O–H groups in total. The molecule has 0 spiro atoms. The first-order chi connectivity index (χ1) is 16.0. The van der Waals surface area contributed by atoms with Crippen molar-refractivity contribution in [2.24, 2.45) is 5.41 Å². The lowest BCUT2D eigenvalue weighted by Crippen LogP contribution is -2.51. The number of benzene rings is 2. The van der Waals surface area contributed by atoms with Crippen LogP contribution in [0.25, 0.3) is 0 Å². The Morgan fingerprint density at radius 1 is 0.879 bits per heavy atom. The van der Waals surface area contributed by atoms with Gasteiger partial charge in [-0.05, 0) is 49.8 Å². The Bertz CT molecular complexity index is 1010. The van der Waals surface area contributed by atoms with Crippen molar-refractivity contribution in [3.8, 4) is 5.75 Å². The van der Waals surface area contributed by atoms with E-state index >= 15 is 0 Å². The van der Waals surface area contributed by atoms with Crippen molar-refractivity contribution >= 4 is 15.9 Å². The molecule has 2 aromatic carbocycles. The van der Waals surface area contributed by atoms with Gasteiger partial charge in [-0.1, -0.05) is 48.5 Å². The zero-order valence-corrected chi connectivity index (χ0v) is 20.0. The molecule has 2 aliphatic heterocycles. The van der Waals surface area contributed by atoms with Gasteiger partial charge >= 0.3 is 0 Å². The minimum atomic E-state index is -3.50. The lowest BCUT2D eigenvalue weighted by molar-refractivity contribution is -0.136. The molecule has 2 aromatic rings. The number of amides is 1. The van der Waals surface area contributed by atoms with Gasteiger partial charge in [-0.2, -0.15) is 0 Å². The van der Waals surface area contributed by atoms with E-state index in [0.717, 1.165) is 56.5 Å². The van der Waals surface area contributed by atoms with E-state index in [1.165, 1.54) is 0 Å². The van der Waals surface area contributed by atoms with Crippen molar-refractivity contribution in [3.05, 3.63) is 66.2 Å². The number of carbonyl (C=O) groups is 1. The summed E-state index contributed by atoms with van der Waals surface area (Å²) in [4.78, 5) is 15.2. The molecule has 2 aliphatic rings. The van der Waals surface area contributed by atoms with Gasteiger partial charge in [0.1, 0.15) is 5.75 Å². The third-order valence-corrected chi connectivity index (χ3v) is 8.53. The molecule has 2 saturated heterocycles. The minimum absolute atomic E-state index is 0.0243. The molecule has 7 heteroatoms. The molecule has 2 fully saturated rings. The van der Waals surface area contributed by atoms with Gasteiger partial charge in [-0.3, -0.25) is 4.79 Å². The maximum atomic E-state index is 13.3. The molecule has 0 aromatic heterocycles. The zero-order chi connectivity index (χ0) is 23.2. The van der Waals surface area contributed by atoms with Crippen molar-refractivity contribution in [2.45, 2.75) is 44.3 Å². The van der Waals surface area contributed by atoms with Crippen LogP contribution in [0.1, 0.15) is 44.1 Å². The van der Waals surface area contributed by atoms with Gasteiger partial charge in [0.05, 0.1) is 12.4 Å². The molecular weight excluding hydrogens is 436 g/mol. The average Bonchev–Trinajstić information content (AvgIpc) is 2.84. The van der Waals surface area contributed by atoms with E-state index in [2.05, 4.69) is 0 Å². The van der Waals surface area contributed by atoms with Crippen molar-refractivity contribution in [1.29, 1.82) is 0 Å². The number of likely N-dealkylation sites (tertiary alicyclic amines) is 1. The first kappa shape index (κ1) is 23.8. The molecule has 4 rings (SSSR count). The first-order valence-electron chi connectivity index (χ1n) is 11.9. The highest BCUT2D eigenvalue weighted by molar-refractivity contribution is 7.88. The number of nitrogens with zero attached hydrogens (tertiary/aromatic N) is 2. The summed E-state index contributed by atoms with van der Waals surface area (Å²) in [5, 5.41) is 0. The second-order valence-electron chi connectivity index (χ2n) is 9.40. The molecule has 33 heavy (non-hydrogen) atoms. The summed E-state index contributed by atoms with van der Waals surface area (Å²) in [6.07, 6.45) is 5.05. The molecule has 0 radical (unpaired) electrons. The largest absolute Gasteiger partial charge is 0.493 e. The fraction of sp³-hybridized carbons (Fsp3) is 0.500. The first-order valence-corrected chi connectivity index (χ1v) is 13.5. The number of hydrogen-bond donors (Lipinski definition) is 0. The average molecular weight is 471 g/mol. The van der Waals surface area contributed by atoms with Crippen LogP contribution in [0.2, 0.25) is 0 Å². The summed E-state index contributed by atoms with van der Waals surface area (Å²) in [5.41, 5.74) is 0.241. The summed E-state index contributed by atoms with van der Waals surface area (Å²) < 4.78 is 34.3. The maximum Gasteiger partial charge on any atom is 0.223 e. The van der Waals surface area contributed by atoms with Crippen LogP contribution in [-0.2, 0) is 20.6 Å². The third kappa shape index (κ3) is 6.36. The van der Waals surface area contributed by atoms with Gasteiger partial charge in [0.25, 0.3) is 0 Å². The lowest BCUT2D eigenvalue weighted by Gasteiger charge is -2.42. The van der Waals surface area contributed by atoms with Gasteiger partial charge in [-0.25, -0.2) is 12.7 Å². The molecule has 0 aliphatic carbocycles. The summed E-state index contributed by atoms with van der Waals surface area (Å²) in [6, 6.07) is 18.8. The summed E-state index contributed by atoms with van der Waals surface area (Å²) >= 11 is 0. The number of hydrogen-bond acceptors (Lipinski definition) is 4. The minimum Gasteiger partial charge on any atom is -0.493 e. The van der Waals surface area contributed by atoms with Crippen LogP contribution in [0.15, 0.2) is 60.7 Å². The summed E-state index contributed by atoms with van der Waals surface area (Å²) in [5.74, 6) is 0.837. The smallest absolute Gasteiger partial charge is 0.223 e. The summed E-state index contributed by atoms with van der Waals surface area (Å²) in [7, 11) is -3.50. The monoisotopic (exact) mass is 470 g/mol. The maximum absolute atomic E-state index is 13.3. The van der Waals surface area contributed by atoms with Gasteiger partial charge in [0.2, 0.25) is 15.9 Å². The van der Waals surface area contributed by atoms with Crippen LogP contribution in [0, 0.1) is 5.41 Å². The van der Waals surface area contributed by atoms with Crippen LogP contribution in [0.4, 0.5) is 0 Å². The lowest BCUT2D eigenvalue weighted by atomic mass is 9.78. The molecule has 0 bridgehead atoms. The standard InChI is InChI=1S/C26H34N2O4S/c29-25(27-16-8-3-9-17-27)19-26(22-32-24-13-6-2-7-14-24)15-10-18-28(21-26)33(30,31)20-23-11-4-1-5-12-23/h1-2,4-7,11-14H,3,8-10,15-22H2/t26-/m0/s1. The van der Waals surface area contributed by atoms with Crippen LogP contribution >= 0.6 is 0 Å². The van der Waals surface area contributed by atoms with Crippen molar-refractivity contribution in [2.75, 3.05) is 32.8 Å². The molecule has 1 amide bonds. The quantitative estimate of drug-likeness (QED) is 0.583. The van der Waals surface area contributed by atoms with Crippen molar-refractivity contribution in [1.82, 2.24) is 9.21 Å². The van der Waals surface area contributed by atoms with Crippen molar-refractivity contribution in [3.63, 3.8) is 0 Å². The molecule has 0 saturated carbocycles. The van der Waals surface area contributed by atoms with E-state index in [1.54, 1.807) is 4.31 Å². The van der Waals surface area contributed by atoms with E-state index in [9.17, 15) is 13.2 Å². The van der Waals surface area contributed by atoms with E-state index in [-0.39, 0.29) is 11.7 Å². The Balaban J connectivity index is 1.52. The van der Waals surface area contributed by atoms with E-state index in [0.29, 0.717) is 26.1 Å². The third-order valence-electron chi connectivity index (χ3n) is 6.73. The summed E-state index contributed by atoms with van der Waals surface area (Å²) in [6.45, 7) is 2.72. The van der Waals surface area contributed by atoms with Gasteiger partial charge < -0.3 is 9.64 Å². The predicted octanol–water partition coefficient (Wildman–Crippen LogP) is 4.08. The number of ether oxygens (including phenoxy) is 1. The number of carbonyl (C=O) groups excluding carboxylic acids is 1. The molecule has 1 atom stereocenters. The Morgan fingerprint density at radius 3 is 2.24 bits per heavy atom. The highest BCUT2D eigenvalue weighted by Crippen LogP contribution is 2.37. The van der Waals surface area contributed by atoms with Gasteiger partial charge in [0, 0.05) is 38.0 Å². The van der Waals surface area contributed by atoms with E-state index in [4.69, 9.17) is 4.74 Å². The fourth-order valence-electron chi connectivity index (χ4n) is 4.92. The van der Waals surface area contributed by atoms with Crippen LogP contribution in [-0.4, -0.2) is 56.3 Å². The molecular formula is C26H34N2O4S. The topological polar surface area (TPSA) is 66.9 Å². The molecule has 6 nitrogen and oxygen atoms in total. The van der Waals surface area contributed by atoms with Gasteiger partial charge in [-0.15, -0.1) is 0 Å². The highest BCUT2D eigenvalue weighted by atomic mass is 32.2. The van der Waals surface area contributed by atoms with Crippen LogP contribution in [0.5, 0.6) is 5.75 Å². The second-order valence-corrected chi connectivity index (χ2v) is 11.4. The highest BCUT2D eigenvalue weighted by Gasteiger charge is 2.42. The zero-order valence-electron chi connectivity index (χ0n) is 19.2. The van der Waals surface area contributed by atoms with E-state index in [1.807, 2.05) is 65.6 Å². The van der Waals surface area contributed by atoms with Crippen molar-refractivity contribution < 1.29 is 17.9 Å². The number of piperidine rings is 2. The van der Waals surface area contributed by atoms with E-state index < -0.39 is 15.4 Å². The van der Waals surface area contributed by atoms with Gasteiger partial charge in [0.15, 0.2) is 0 Å². The molecule has 0 unspecified atom stereocenters. The fourth-order valence-corrected chi connectivity index (χ4v) is 6.59. The SMILES string of the molecule is O=C(C[C@@]1(COc2ccccc2)CCCN(S(=O)(=O)Cc2ccccc2)C1)N1CCCCC1. The van der Waals surface area contributed by atoms with Crippen LogP contribution in [0.3, 0.4) is 0 Å². The Kier molecular flexibility index (Phi) is 7.71. The Morgan fingerprint density at radius 2 is 1.55 bits per heavy atom. The number of rotatable bonds is 8. The normalized spacial score (nSPS) is 22.1. The molecule has 178 valence electrons. The Labute approximate surface area is 197 Å². The van der Waals surface area contributed by atoms with Crippen LogP contribution < -0.4 is 4.74 Å². The second kappa shape index (κ2) is 10.7. The number of sulfonamides is 1. The Hall–Kier alpha value is -2.38. The number of para-hydroxylation sites is 1. The molecule has 2 heterocycles.